The van der Waals surface area contributed by atoms with E-state index >= 15 is 0 Å². The Kier molecular flexibility index (Phi) is 7.02. The first-order valence-corrected chi connectivity index (χ1v) is 7.99. The summed E-state index contributed by atoms with van der Waals surface area (Å²) >= 11 is 0. The second-order valence-electron chi connectivity index (χ2n) is 5.46. The van der Waals surface area contributed by atoms with Crippen LogP contribution in [0.25, 0.3) is 6.08 Å². The van der Waals surface area contributed by atoms with Crippen molar-refractivity contribution >= 4 is 17.9 Å². The maximum absolute atomic E-state index is 12.6. The minimum Gasteiger partial charge on any atom is -0.497 e. The number of alkyl halides is 3. The lowest BCUT2D eigenvalue weighted by atomic mass is 10.2. The van der Waals surface area contributed by atoms with Gasteiger partial charge in [0.05, 0.1) is 12.7 Å². The van der Waals surface area contributed by atoms with Crippen LogP contribution in [0.2, 0.25) is 0 Å². The van der Waals surface area contributed by atoms with E-state index in [2.05, 4.69) is 10.9 Å². The molecule has 6 nitrogen and oxygen atoms in total. The molecule has 0 heterocycles. The molecule has 2 amide bonds. The molecule has 148 valence electrons. The quantitative estimate of drug-likeness (QED) is 0.584. The molecule has 0 fully saturated rings. The van der Waals surface area contributed by atoms with Crippen LogP contribution in [0.15, 0.2) is 54.6 Å². The zero-order valence-electron chi connectivity index (χ0n) is 14.7. The van der Waals surface area contributed by atoms with E-state index in [1.807, 2.05) is 0 Å². The van der Waals surface area contributed by atoms with Crippen LogP contribution in [0, 0.1) is 0 Å². The highest BCUT2D eigenvalue weighted by atomic mass is 19.4. The summed E-state index contributed by atoms with van der Waals surface area (Å²) in [5.74, 6) is -0.826. The molecule has 2 aromatic rings. The highest BCUT2D eigenvalue weighted by Crippen LogP contribution is 2.31. The predicted molar refractivity (Wildman–Crippen MR) is 95.3 cm³/mol. The highest BCUT2D eigenvalue weighted by Gasteiger charge is 2.30. The van der Waals surface area contributed by atoms with Gasteiger partial charge in [0.25, 0.3) is 11.8 Å². The summed E-state index contributed by atoms with van der Waals surface area (Å²) in [5.41, 5.74) is 4.06. The van der Waals surface area contributed by atoms with Gasteiger partial charge in [-0.25, -0.2) is 0 Å². The number of benzene rings is 2. The number of hydrogen-bond acceptors (Lipinski definition) is 4. The van der Waals surface area contributed by atoms with Crippen LogP contribution in [-0.4, -0.2) is 25.5 Å². The summed E-state index contributed by atoms with van der Waals surface area (Å²) in [4.78, 5) is 23.3. The third-order valence-electron chi connectivity index (χ3n) is 3.38. The fraction of sp³-hybridized carbons (Fsp3) is 0.158. The minimum atomic E-state index is -4.51. The normalized spacial score (nSPS) is 11.1. The number of carbonyl (C=O) groups is 2. The van der Waals surface area contributed by atoms with Crippen molar-refractivity contribution < 1.29 is 32.2 Å². The first-order valence-electron chi connectivity index (χ1n) is 7.99. The topological polar surface area (TPSA) is 76.7 Å². The molecule has 2 aromatic carbocycles. The van der Waals surface area contributed by atoms with Gasteiger partial charge in [0.1, 0.15) is 11.5 Å². The van der Waals surface area contributed by atoms with Crippen molar-refractivity contribution in [2.45, 2.75) is 6.18 Å². The maximum atomic E-state index is 12.6. The molecule has 0 aliphatic heterocycles. The molecule has 2 N–H and O–H groups in total. The van der Waals surface area contributed by atoms with Crippen LogP contribution in [0.1, 0.15) is 11.1 Å². The summed E-state index contributed by atoms with van der Waals surface area (Å²) in [6.45, 7) is -0.568. The molecule has 28 heavy (non-hydrogen) atoms. The third kappa shape index (κ3) is 6.67. The molecule has 0 spiro atoms. The van der Waals surface area contributed by atoms with Gasteiger partial charge < -0.3 is 9.47 Å². The second-order valence-corrected chi connectivity index (χ2v) is 5.46. The Bertz CT molecular complexity index is 866. The predicted octanol–water partition coefficient (Wildman–Crippen LogP) is 2.95. The first-order chi connectivity index (χ1) is 13.3. The minimum absolute atomic E-state index is 0.116. The smallest absolute Gasteiger partial charge is 0.416 e. The van der Waals surface area contributed by atoms with Crippen molar-refractivity contribution in [1.82, 2.24) is 10.9 Å². The van der Waals surface area contributed by atoms with E-state index in [1.165, 1.54) is 31.4 Å². The van der Waals surface area contributed by atoms with Gasteiger partial charge in [-0.3, -0.25) is 20.4 Å². The van der Waals surface area contributed by atoms with Crippen LogP contribution in [-0.2, 0) is 15.8 Å². The molecule has 0 aliphatic carbocycles. The van der Waals surface area contributed by atoms with Gasteiger partial charge in [0, 0.05) is 6.08 Å². The number of rotatable bonds is 6. The summed E-state index contributed by atoms with van der Waals surface area (Å²) in [6.07, 6.45) is -1.80. The van der Waals surface area contributed by atoms with E-state index in [9.17, 15) is 22.8 Å². The zero-order valence-corrected chi connectivity index (χ0v) is 14.7. The van der Waals surface area contributed by atoms with Gasteiger partial charge in [-0.2, -0.15) is 13.2 Å². The van der Waals surface area contributed by atoms with Gasteiger partial charge >= 0.3 is 6.18 Å². The number of nitrogens with one attached hydrogen (secondary N) is 2. The second kappa shape index (κ2) is 9.45. The number of hydrazine groups is 1. The number of halogens is 3. The summed E-state index contributed by atoms with van der Waals surface area (Å²) in [7, 11) is 1.52. The summed E-state index contributed by atoms with van der Waals surface area (Å²) in [5, 5.41) is 0. The van der Waals surface area contributed by atoms with E-state index in [0.717, 1.165) is 12.1 Å². The molecule has 0 aliphatic rings. The van der Waals surface area contributed by atoms with E-state index in [0.29, 0.717) is 11.3 Å². The molecule has 9 heteroatoms. The lowest BCUT2D eigenvalue weighted by Gasteiger charge is -2.10. The van der Waals surface area contributed by atoms with Crippen LogP contribution in [0.4, 0.5) is 13.2 Å². The average molecular weight is 394 g/mol. The Morgan fingerprint density at radius 1 is 1.04 bits per heavy atom. The van der Waals surface area contributed by atoms with E-state index < -0.39 is 30.2 Å². The number of amides is 2. The van der Waals surface area contributed by atoms with Crippen molar-refractivity contribution in [1.29, 1.82) is 0 Å². The Morgan fingerprint density at radius 2 is 1.75 bits per heavy atom. The van der Waals surface area contributed by atoms with Crippen LogP contribution in [0.5, 0.6) is 11.5 Å². The van der Waals surface area contributed by atoms with Crippen LogP contribution < -0.4 is 20.3 Å². The van der Waals surface area contributed by atoms with Gasteiger partial charge in [-0.15, -0.1) is 0 Å². The monoisotopic (exact) mass is 394 g/mol. The molecular formula is C19H17F3N2O4. The van der Waals surface area contributed by atoms with Crippen molar-refractivity contribution in [3.8, 4) is 11.5 Å². The van der Waals surface area contributed by atoms with Gasteiger partial charge in [0.15, 0.2) is 6.61 Å². The largest absolute Gasteiger partial charge is 0.497 e. The molecule has 0 radical (unpaired) electrons. The Labute approximate surface area is 158 Å². The molecule has 0 saturated carbocycles. The molecule has 0 aromatic heterocycles. The summed E-state index contributed by atoms with van der Waals surface area (Å²) in [6, 6.07) is 11.1. The van der Waals surface area contributed by atoms with Crippen molar-refractivity contribution in [3.63, 3.8) is 0 Å². The van der Waals surface area contributed by atoms with E-state index in [1.54, 1.807) is 24.3 Å². The fourth-order valence-corrected chi connectivity index (χ4v) is 2.04. The van der Waals surface area contributed by atoms with Crippen molar-refractivity contribution in [2.24, 2.45) is 0 Å². The Balaban J connectivity index is 1.79. The number of ether oxygens (including phenoxy) is 2. The molecule has 0 bridgehead atoms. The summed E-state index contributed by atoms with van der Waals surface area (Å²) < 4.78 is 47.9. The Morgan fingerprint density at radius 3 is 2.46 bits per heavy atom. The molecule has 0 unspecified atom stereocenters. The average Bonchev–Trinajstić information content (AvgIpc) is 2.69. The highest BCUT2D eigenvalue weighted by molar-refractivity contribution is 5.93. The zero-order chi connectivity index (χ0) is 20.6. The Hall–Kier alpha value is -3.49. The number of methoxy groups -OCH3 is 1. The third-order valence-corrected chi connectivity index (χ3v) is 3.38. The SMILES string of the molecule is COc1cccc(/C=C/C(=O)NNC(=O)COc2cccc(C(F)(F)F)c2)c1. The number of carbonyl (C=O) groups excluding carboxylic acids is 2. The standard InChI is InChI=1S/C19H17F3N2O4/c1-27-15-6-2-4-13(10-15)8-9-17(25)23-24-18(26)12-28-16-7-3-5-14(11-16)19(20,21)22/h2-11H,12H2,1H3,(H,23,25)(H,24,26)/b9-8+. The molecule has 0 saturated heterocycles. The van der Waals surface area contributed by atoms with E-state index in [-0.39, 0.29) is 5.75 Å². The van der Waals surface area contributed by atoms with Crippen LogP contribution >= 0.6 is 0 Å². The van der Waals surface area contributed by atoms with E-state index in [4.69, 9.17) is 9.47 Å². The van der Waals surface area contributed by atoms with Gasteiger partial charge in [-0.05, 0) is 42.0 Å². The van der Waals surface area contributed by atoms with Crippen molar-refractivity contribution in [3.05, 3.63) is 65.7 Å². The molecule has 2 rings (SSSR count). The van der Waals surface area contributed by atoms with Crippen LogP contribution in [0.3, 0.4) is 0 Å². The first kappa shape index (κ1) is 20.8. The molecule has 0 atom stereocenters. The lowest BCUT2D eigenvalue weighted by Crippen LogP contribution is -2.43. The van der Waals surface area contributed by atoms with Gasteiger partial charge in [-0.1, -0.05) is 18.2 Å². The lowest BCUT2D eigenvalue weighted by molar-refractivity contribution is -0.137. The molecular weight excluding hydrogens is 377 g/mol. The number of hydrogen-bond donors (Lipinski definition) is 2. The van der Waals surface area contributed by atoms with Crippen molar-refractivity contribution in [2.75, 3.05) is 13.7 Å². The maximum Gasteiger partial charge on any atom is 0.416 e. The van der Waals surface area contributed by atoms with Gasteiger partial charge in [0.2, 0.25) is 0 Å². The fourth-order valence-electron chi connectivity index (χ4n) is 2.04.